The molecular weight excluding hydrogens is 333 g/mol. The zero-order valence-electron chi connectivity index (χ0n) is 9.54. The van der Waals surface area contributed by atoms with Crippen molar-refractivity contribution in [3.63, 3.8) is 0 Å². The molecule has 0 amide bonds. The largest absolute Gasteiger partial charge is 0.490 e. The highest BCUT2D eigenvalue weighted by Crippen LogP contribution is 2.26. The summed E-state index contributed by atoms with van der Waals surface area (Å²) in [6.45, 7) is -1.61. The lowest BCUT2D eigenvalue weighted by molar-refractivity contribution is -0.175. The molecule has 0 saturated heterocycles. The smallest absolute Gasteiger partial charge is 0.411 e. The fraction of sp³-hybridized carbons (Fsp3) is 0.364. The average molecular weight is 343 g/mol. The Morgan fingerprint density at radius 2 is 2.00 bits per heavy atom. The number of aromatic carboxylic acids is 1. The number of rotatable bonds is 6. The number of carboxylic acid groups (broad SMARTS) is 1. The van der Waals surface area contributed by atoms with Crippen molar-refractivity contribution in [1.29, 1.82) is 0 Å². The van der Waals surface area contributed by atoms with E-state index >= 15 is 0 Å². The third-order valence-electron chi connectivity index (χ3n) is 1.93. The Kier molecular flexibility index (Phi) is 5.61. The maximum absolute atomic E-state index is 11.8. The second-order valence-corrected chi connectivity index (χ2v) is 4.32. The van der Waals surface area contributed by atoms with Crippen molar-refractivity contribution in [3.8, 4) is 5.75 Å². The number of benzene rings is 1. The third kappa shape index (κ3) is 5.93. The second kappa shape index (κ2) is 6.76. The van der Waals surface area contributed by atoms with Gasteiger partial charge in [0, 0.05) is 0 Å². The van der Waals surface area contributed by atoms with Crippen LogP contribution in [0.2, 0.25) is 0 Å². The van der Waals surface area contributed by atoms with Gasteiger partial charge >= 0.3 is 12.1 Å². The molecule has 0 atom stereocenters. The average Bonchev–Trinajstić information content (AvgIpc) is 2.28. The van der Waals surface area contributed by atoms with Crippen LogP contribution in [-0.4, -0.2) is 37.1 Å². The van der Waals surface area contributed by atoms with Crippen molar-refractivity contribution in [1.82, 2.24) is 0 Å². The Balaban J connectivity index is 2.40. The van der Waals surface area contributed by atoms with Gasteiger partial charge in [-0.1, -0.05) is 0 Å². The Morgan fingerprint density at radius 3 is 2.53 bits per heavy atom. The predicted octanol–water partition coefficient (Wildman–Crippen LogP) is 3.11. The lowest BCUT2D eigenvalue weighted by atomic mass is 10.2. The summed E-state index contributed by atoms with van der Waals surface area (Å²) in [6.07, 6.45) is -4.36. The van der Waals surface area contributed by atoms with Gasteiger partial charge in [-0.05, 0) is 34.1 Å². The van der Waals surface area contributed by atoms with Gasteiger partial charge in [0.15, 0.2) is 0 Å². The minimum Gasteiger partial charge on any atom is -0.490 e. The minimum absolute atomic E-state index is 0.0684. The van der Waals surface area contributed by atoms with E-state index in [9.17, 15) is 18.0 Å². The number of carbonyl (C=O) groups is 1. The molecule has 1 aromatic rings. The molecular formula is C11H10BrF3O4. The van der Waals surface area contributed by atoms with Gasteiger partial charge in [-0.15, -0.1) is 0 Å². The summed E-state index contributed by atoms with van der Waals surface area (Å²) >= 11 is 3.11. The summed E-state index contributed by atoms with van der Waals surface area (Å²) < 4.78 is 45.2. The number of halogens is 4. The van der Waals surface area contributed by atoms with Crippen LogP contribution < -0.4 is 4.74 Å². The summed E-state index contributed by atoms with van der Waals surface area (Å²) in [5, 5.41) is 8.73. The van der Waals surface area contributed by atoms with Gasteiger partial charge in [0.1, 0.15) is 19.0 Å². The molecule has 8 heteroatoms. The second-order valence-electron chi connectivity index (χ2n) is 3.47. The molecule has 0 heterocycles. The topological polar surface area (TPSA) is 55.8 Å². The molecule has 0 aromatic heterocycles. The van der Waals surface area contributed by atoms with Gasteiger partial charge in [0.25, 0.3) is 0 Å². The summed E-state index contributed by atoms with van der Waals surface area (Å²) in [5.41, 5.74) is 0.0764. The van der Waals surface area contributed by atoms with E-state index in [1.165, 1.54) is 18.2 Å². The first-order chi connectivity index (χ1) is 8.79. The van der Waals surface area contributed by atoms with Crippen molar-refractivity contribution in [2.45, 2.75) is 6.18 Å². The molecule has 0 bridgehead atoms. The van der Waals surface area contributed by atoms with Crippen LogP contribution in [-0.2, 0) is 4.74 Å². The third-order valence-corrected chi connectivity index (χ3v) is 2.55. The molecule has 0 aliphatic heterocycles. The summed E-state index contributed by atoms with van der Waals surface area (Å²) in [5.74, 6) is -0.749. The summed E-state index contributed by atoms with van der Waals surface area (Å²) in [7, 11) is 0. The van der Waals surface area contributed by atoms with Crippen molar-refractivity contribution >= 4 is 21.9 Å². The normalized spacial score (nSPS) is 11.4. The van der Waals surface area contributed by atoms with Crippen molar-refractivity contribution < 1.29 is 32.5 Å². The molecule has 0 aliphatic rings. The van der Waals surface area contributed by atoms with Gasteiger partial charge in [-0.2, -0.15) is 13.2 Å². The molecule has 0 saturated carbocycles. The van der Waals surface area contributed by atoms with E-state index in [0.717, 1.165) is 0 Å². The van der Waals surface area contributed by atoms with Crippen LogP contribution >= 0.6 is 15.9 Å². The molecule has 0 unspecified atom stereocenters. The Labute approximate surface area is 115 Å². The Morgan fingerprint density at radius 1 is 1.32 bits per heavy atom. The van der Waals surface area contributed by atoms with Gasteiger partial charge in [-0.25, -0.2) is 4.79 Å². The van der Waals surface area contributed by atoms with Gasteiger partial charge in [0.05, 0.1) is 16.6 Å². The molecule has 1 N–H and O–H groups in total. The van der Waals surface area contributed by atoms with E-state index in [2.05, 4.69) is 20.7 Å². The highest BCUT2D eigenvalue weighted by molar-refractivity contribution is 9.10. The quantitative estimate of drug-likeness (QED) is 0.807. The molecule has 0 aliphatic carbocycles. The lowest BCUT2D eigenvalue weighted by Gasteiger charge is -2.10. The zero-order valence-corrected chi connectivity index (χ0v) is 11.1. The van der Waals surface area contributed by atoms with Gasteiger partial charge in [0.2, 0.25) is 0 Å². The maximum atomic E-state index is 11.8. The van der Waals surface area contributed by atoms with Crippen LogP contribution in [0.25, 0.3) is 0 Å². The molecule has 1 rings (SSSR count). The highest BCUT2D eigenvalue weighted by Gasteiger charge is 2.27. The zero-order chi connectivity index (χ0) is 14.5. The molecule has 0 radical (unpaired) electrons. The number of hydrogen-bond acceptors (Lipinski definition) is 3. The first kappa shape index (κ1) is 15.8. The standard InChI is InChI=1S/C11H10BrF3O4/c12-8-5-7(10(16)17)1-2-9(8)19-4-3-18-6-11(13,14)15/h1-2,5H,3-4,6H2,(H,16,17). The first-order valence-electron chi connectivity index (χ1n) is 5.10. The number of alkyl halides is 3. The first-order valence-corrected chi connectivity index (χ1v) is 5.89. The SMILES string of the molecule is O=C(O)c1ccc(OCCOCC(F)(F)F)c(Br)c1. The van der Waals surface area contributed by atoms with Crippen molar-refractivity contribution in [3.05, 3.63) is 28.2 Å². The van der Waals surface area contributed by atoms with Gasteiger partial charge < -0.3 is 14.6 Å². The van der Waals surface area contributed by atoms with E-state index in [1.54, 1.807) is 0 Å². The molecule has 19 heavy (non-hydrogen) atoms. The Hall–Kier alpha value is -1.28. The molecule has 0 fully saturated rings. The van der Waals surface area contributed by atoms with E-state index in [1.807, 2.05) is 0 Å². The summed E-state index contributed by atoms with van der Waals surface area (Å²) in [6, 6.07) is 4.09. The fourth-order valence-corrected chi connectivity index (χ4v) is 1.64. The van der Waals surface area contributed by atoms with E-state index < -0.39 is 18.8 Å². The van der Waals surface area contributed by atoms with Crippen LogP contribution in [0.3, 0.4) is 0 Å². The number of hydrogen-bond donors (Lipinski definition) is 1. The van der Waals surface area contributed by atoms with Crippen LogP contribution in [0.5, 0.6) is 5.75 Å². The lowest BCUT2D eigenvalue weighted by Crippen LogP contribution is -2.19. The summed E-state index contributed by atoms with van der Waals surface area (Å²) in [4.78, 5) is 10.7. The monoisotopic (exact) mass is 342 g/mol. The molecule has 4 nitrogen and oxygen atoms in total. The molecule has 106 valence electrons. The van der Waals surface area contributed by atoms with Crippen molar-refractivity contribution in [2.24, 2.45) is 0 Å². The van der Waals surface area contributed by atoms with E-state index in [4.69, 9.17) is 9.84 Å². The highest BCUT2D eigenvalue weighted by atomic mass is 79.9. The predicted molar refractivity (Wildman–Crippen MR) is 63.5 cm³/mol. The number of ether oxygens (including phenoxy) is 2. The molecule has 0 spiro atoms. The van der Waals surface area contributed by atoms with Crippen LogP contribution in [0.4, 0.5) is 13.2 Å². The fourth-order valence-electron chi connectivity index (χ4n) is 1.15. The van der Waals surface area contributed by atoms with Gasteiger partial charge in [-0.3, -0.25) is 0 Å². The van der Waals surface area contributed by atoms with Crippen molar-refractivity contribution in [2.75, 3.05) is 19.8 Å². The minimum atomic E-state index is -4.36. The van der Waals surface area contributed by atoms with Crippen LogP contribution in [0.1, 0.15) is 10.4 Å². The van der Waals surface area contributed by atoms with E-state index in [-0.39, 0.29) is 18.8 Å². The Bertz CT molecular complexity index is 448. The molecule has 1 aromatic carbocycles. The van der Waals surface area contributed by atoms with Crippen LogP contribution in [0.15, 0.2) is 22.7 Å². The van der Waals surface area contributed by atoms with E-state index in [0.29, 0.717) is 10.2 Å². The van der Waals surface area contributed by atoms with Crippen LogP contribution in [0, 0.1) is 0 Å². The maximum Gasteiger partial charge on any atom is 0.411 e. The number of carboxylic acids is 1.